The van der Waals surface area contributed by atoms with Gasteiger partial charge in [-0.15, -0.1) is 0 Å². The van der Waals surface area contributed by atoms with Crippen LogP contribution in [0.3, 0.4) is 0 Å². The largest absolute Gasteiger partial charge is 0.321 e. The summed E-state index contributed by atoms with van der Waals surface area (Å²) >= 11 is 0. The number of aryl methyl sites for hydroxylation is 1. The van der Waals surface area contributed by atoms with Gasteiger partial charge in [0.15, 0.2) is 0 Å². The van der Waals surface area contributed by atoms with E-state index >= 15 is 0 Å². The minimum Gasteiger partial charge on any atom is -0.321 e. The molecule has 0 spiro atoms. The average Bonchev–Trinajstić information content (AvgIpc) is 2.62. The Bertz CT molecular complexity index is 922. The maximum absolute atomic E-state index is 12.1. The Kier molecular flexibility index (Phi) is 4.42. The number of aromatic nitrogens is 4. The van der Waals surface area contributed by atoms with Gasteiger partial charge in [-0.1, -0.05) is 19.1 Å². The lowest BCUT2D eigenvalue weighted by molar-refractivity contribution is 0.102. The van der Waals surface area contributed by atoms with Crippen molar-refractivity contribution in [3.63, 3.8) is 0 Å². The van der Waals surface area contributed by atoms with E-state index in [1.807, 2.05) is 13.0 Å². The normalized spacial score (nSPS) is 10.4. The Morgan fingerprint density at radius 3 is 2.88 bits per heavy atom. The third kappa shape index (κ3) is 3.52. The number of amides is 1. The number of carbonyl (C=O) groups excluding carboxylic acids is 1. The van der Waals surface area contributed by atoms with Crippen LogP contribution in [0.2, 0.25) is 0 Å². The molecule has 0 aliphatic rings. The second-order valence-corrected chi connectivity index (χ2v) is 5.06. The molecule has 0 bridgehead atoms. The van der Waals surface area contributed by atoms with Gasteiger partial charge in [0.2, 0.25) is 0 Å². The molecule has 3 rings (SSSR count). The molecule has 7 heteroatoms. The smallest absolute Gasteiger partial charge is 0.275 e. The molecule has 0 atom stereocenters. The average molecular weight is 321 g/mol. The molecule has 0 saturated heterocycles. The maximum Gasteiger partial charge on any atom is 0.275 e. The lowest BCUT2D eigenvalue weighted by Gasteiger charge is -2.07. The SMILES string of the molecule is CCc1cc(=O)[nH]c(-c2cccc(NC(=O)c3cnccn3)c2)n1. The Morgan fingerprint density at radius 2 is 2.12 bits per heavy atom. The maximum atomic E-state index is 12.1. The van der Waals surface area contributed by atoms with Crippen LogP contribution in [0.25, 0.3) is 11.4 Å². The van der Waals surface area contributed by atoms with Crippen molar-refractivity contribution in [1.82, 2.24) is 19.9 Å². The van der Waals surface area contributed by atoms with Crippen molar-refractivity contribution in [3.05, 3.63) is 70.7 Å². The molecule has 0 saturated carbocycles. The van der Waals surface area contributed by atoms with Crippen LogP contribution in [0.4, 0.5) is 5.69 Å². The van der Waals surface area contributed by atoms with Gasteiger partial charge in [-0.3, -0.25) is 14.6 Å². The topological polar surface area (TPSA) is 101 Å². The van der Waals surface area contributed by atoms with Gasteiger partial charge < -0.3 is 10.3 Å². The molecule has 0 radical (unpaired) electrons. The van der Waals surface area contributed by atoms with Crippen molar-refractivity contribution in [2.45, 2.75) is 13.3 Å². The van der Waals surface area contributed by atoms with E-state index in [2.05, 4.69) is 25.3 Å². The Hall–Kier alpha value is -3.35. The fourth-order valence-corrected chi connectivity index (χ4v) is 2.18. The van der Waals surface area contributed by atoms with E-state index in [1.54, 1.807) is 18.2 Å². The van der Waals surface area contributed by atoms with E-state index in [1.165, 1.54) is 24.7 Å². The van der Waals surface area contributed by atoms with Gasteiger partial charge in [-0.25, -0.2) is 9.97 Å². The van der Waals surface area contributed by atoms with Crippen molar-refractivity contribution >= 4 is 11.6 Å². The van der Waals surface area contributed by atoms with Crippen LogP contribution < -0.4 is 10.9 Å². The van der Waals surface area contributed by atoms with Crippen molar-refractivity contribution in [3.8, 4) is 11.4 Å². The summed E-state index contributed by atoms with van der Waals surface area (Å²) < 4.78 is 0. The van der Waals surface area contributed by atoms with E-state index in [-0.39, 0.29) is 17.2 Å². The van der Waals surface area contributed by atoms with Crippen LogP contribution in [0.1, 0.15) is 23.1 Å². The number of nitrogens with one attached hydrogen (secondary N) is 2. The quantitative estimate of drug-likeness (QED) is 0.766. The first-order valence-corrected chi connectivity index (χ1v) is 7.44. The molecule has 0 aliphatic heterocycles. The Labute approximate surface area is 137 Å². The van der Waals surface area contributed by atoms with E-state index in [4.69, 9.17) is 0 Å². The van der Waals surface area contributed by atoms with Gasteiger partial charge in [0.05, 0.1) is 6.20 Å². The van der Waals surface area contributed by atoms with Gasteiger partial charge in [0.25, 0.3) is 11.5 Å². The zero-order chi connectivity index (χ0) is 16.9. The van der Waals surface area contributed by atoms with Crippen LogP contribution in [-0.4, -0.2) is 25.8 Å². The first-order valence-electron chi connectivity index (χ1n) is 7.44. The van der Waals surface area contributed by atoms with Gasteiger partial charge in [0, 0.05) is 35.4 Å². The molecule has 0 fully saturated rings. The van der Waals surface area contributed by atoms with Gasteiger partial charge in [0.1, 0.15) is 11.5 Å². The lowest BCUT2D eigenvalue weighted by Crippen LogP contribution is -2.14. The summed E-state index contributed by atoms with van der Waals surface area (Å²) in [5.74, 6) is 0.110. The summed E-state index contributed by atoms with van der Waals surface area (Å²) in [5, 5.41) is 2.75. The van der Waals surface area contributed by atoms with Crippen LogP contribution in [0, 0.1) is 0 Å². The van der Waals surface area contributed by atoms with Crippen molar-refractivity contribution < 1.29 is 4.79 Å². The third-order valence-electron chi connectivity index (χ3n) is 3.35. The molecule has 2 aromatic heterocycles. The highest BCUT2D eigenvalue weighted by Crippen LogP contribution is 2.19. The first kappa shape index (κ1) is 15.5. The van der Waals surface area contributed by atoms with Crippen LogP contribution >= 0.6 is 0 Å². The van der Waals surface area contributed by atoms with E-state index in [9.17, 15) is 9.59 Å². The zero-order valence-corrected chi connectivity index (χ0v) is 13.0. The highest BCUT2D eigenvalue weighted by Gasteiger charge is 2.09. The standard InChI is InChI=1S/C17H15N5O2/c1-2-12-9-15(23)22-16(20-12)11-4-3-5-13(8-11)21-17(24)14-10-18-6-7-19-14/h3-10H,2H2,1H3,(H,21,24)(H,20,22,23). The number of benzene rings is 1. The molecule has 2 heterocycles. The Morgan fingerprint density at radius 1 is 1.25 bits per heavy atom. The van der Waals surface area contributed by atoms with Crippen LogP contribution in [-0.2, 0) is 6.42 Å². The number of nitrogens with zero attached hydrogens (tertiary/aromatic N) is 3. The number of hydrogen-bond acceptors (Lipinski definition) is 5. The third-order valence-corrected chi connectivity index (χ3v) is 3.35. The summed E-state index contributed by atoms with van der Waals surface area (Å²) in [6.45, 7) is 1.93. The minimum absolute atomic E-state index is 0.203. The van der Waals surface area contributed by atoms with Crippen LogP contribution in [0.5, 0.6) is 0 Å². The second-order valence-electron chi connectivity index (χ2n) is 5.06. The predicted molar refractivity (Wildman–Crippen MR) is 89.7 cm³/mol. The van der Waals surface area contributed by atoms with Crippen LogP contribution in [0.15, 0.2) is 53.7 Å². The summed E-state index contributed by atoms with van der Waals surface area (Å²) in [6, 6.07) is 8.56. The van der Waals surface area contributed by atoms with Gasteiger partial charge in [-0.05, 0) is 18.6 Å². The van der Waals surface area contributed by atoms with Crippen molar-refractivity contribution in [2.24, 2.45) is 0 Å². The van der Waals surface area contributed by atoms with Gasteiger partial charge in [-0.2, -0.15) is 0 Å². The molecule has 2 N–H and O–H groups in total. The summed E-state index contributed by atoms with van der Waals surface area (Å²) in [4.78, 5) is 38.8. The highest BCUT2D eigenvalue weighted by atomic mass is 16.2. The number of hydrogen-bond donors (Lipinski definition) is 2. The van der Waals surface area contributed by atoms with E-state index < -0.39 is 0 Å². The van der Waals surface area contributed by atoms with Crippen molar-refractivity contribution in [2.75, 3.05) is 5.32 Å². The van der Waals surface area contributed by atoms with E-state index in [0.717, 1.165) is 0 Å². The van der Waals surface area contributed by atoms with Gasteiger partial charge >= 0.3 is 0 Å². The summed E-state index contributed by atoms with van der Waals surface area (Å²) in [7, 11) is 0. The number of anilines is 1. The number of aromatic amines is 1. The fourth-order valence-electron chi connectivity index (χ4n) is 2.18. The molecule has 3 aromatic rings. The molecular weight excluding hydrogens is 306 g/mol. The predicted octanol–water partition coefficient (Wildman–Crippen LogP) is 2.04. The monoisotopic (exact) mass is 321 g/mol. The molecule has 0 unspecified atom stereocenters. The molecule has 1 amide bonds. The lowest BCUT2D eigenvalue weighted by atomic mass is 10.1. The molecule has 1 aromatic carbocycles. The highest BCUT2D eigenvalue weighted by molar-refractivity contribution is 6.02. The fraction of sp³-hybridized carbons (Fsp3) is 0.118. The summed E-state index contributed by atoms with van der Waals surface area (Å²) in [5.41, 5.74) is 2.02. The minimum atomic E-state index is -0.357. The molecule has 120 valence electrons. The second kappa shape index (κ2) is 6.82. The number of H-pyrrole nitrogens is 1. The van der Waals surface area contributed by atoms with E-state index in [0.29, 0.717) is 29.2 Å². The van der Waals surface area contributed by atoms with Crippen molar-refractivity contribution in [1.29, 1.82) is 0 Å². The zero-order valence-electron chi connectivity index (χ0n) is 13.0. The molecular formula is C17H15N5O2. The number of carbonyl (C=O) groups is 1. The molecule has 24 heavy (non-hydrogen) atoms. The molecule has 7 nitrogen and oxygen atoms in total. The summed E-state index contributed by atoms with van der Waals surface area (Å²) in [6.07, 6.45) is 5.01. The first-order chi connectivity index (χ1) is 11.7. The molecule has 0 aliphatic carbocycles. The number of rotatable bonds is 4. The Balaban J connectivity index is 1.88.